The van der Waals surface area contributed by atoms with Crippen LogP contribution in [0.1, 0.15) is 23.2 Å². The molecule has 122 valence electrons. The van der Waals surface area contributed by atoms with E-state index in [2.05, 4.69) is 16.4 Å². The molecular formula is C16H21N5O2. The van der Waals surface area contributed by atoms with Crippen LogP contribution in [-0.4, -0.2) is 44.5 Å². The third-order valence-corrected chi connectivity index (χ3v) is 4.19. The van der Waals surface area contributed by atoms with Crippen LogP contribution in [0.2, 0.25) is 0 Å². The van der Waals surface area contributed by atoms with Crippen molar-refractivity contribution in [2.75, 3.05) is 13.6 Å². The van der Waals surface area contributed by atoms with Crippen LogP contribution in [0.4, 0.5) is 0 Å². The lowest BCUT2D eigenvalue weighted by Crippen LogP contribution is -2.37. The fourth-order valence-electron chi connectivity index (χ4n) is 3.26. The van der Waals surface area contributed by atoms with Crippen LogP contribution in [0.5, 0.6) is 0 Å². The first-order valence-corrected chi connectivity index (χ1v) is 7.63. The van der Waals surface area contributed by atoms with E-state index in [0.29, 0.717) is 13.1 Å². The molecule has 0 aliphatic heterocycles. The Balaban J connectivity index is 1.65. The Labute approximate surface area is 134 Å². The fourth-order valence-corrected chi connectivity index (χ4v) is 3.26. The van der Waals surface area contributed by atoms with Gasteiger partial charge in [-0.2, -0.15) is 0 Å². The van der Waals surface area contributed by atoms with Crippen molar-refractivity contribution in [3.05, 3.63) is 47.3 Å². The van der Waals surface area contributed by atoms with Crippen LogP contribution < -0.4 is 5.73 Å². The van der Waals surface area contributed by atoms with Gasteiger partial charge in [0.15, 0.2) is 0 Å². The predicted molar refractivity (Wildman–Crippen MR) is 84.2 cm³/mol. The number of nitrogens with two attached hydrogens (primary N) is 1. The molecule has 0 saturated heterocycles. The Kier molecular flexibility index (Phi) is 4.14. The van der Waals surface area contributed by atoms with Gasteiger partial charge in [0.25, 0.3) is 0 Å². The number of rotatable bonds is 6. The Hall–Kier alpha value is -2.25. The molecule has 3 N–H and O–H groups in total. The molecule has 0 fully saturated rings. The predicted octanol–water partition coefficient (Wildman–Crippen LogP) is 0.0292. The van der Waals surface area contributed by atoms with Crippen LogP contribution >= 0.6 is 0 Å². The second kappa shape index (κ2) is 6.10. The smallest absolute Gasteiger partial charge is 0.239 e. The quantitative estimate of drug-likeness (QED) is 0.784. The number of aryl methyl sites for hydroxylation is 1. The van der Waals surface area contributed by atoms with Crippen molar-refractivity contribution in [1.82, 2.24) is 19.9 Å². The van der Waals surface area contributed by atoms with E-state index in [-0.39, 0.29) is 6.54 Å². The summed E-state index contributed by atoms with van der Waals surface area (Å²) >= 11 is 0. The number of aliphatic hydroxyl groups is 1. The van der Waals surface area contributed by atoms with Crippen molar-refractivity contribution in [1.29, 1.82) is 0 Å². The lowest BCUT2D eigenvalue weighted by atomic mass is 9.95. The van der Waals surface area contributed by atoms with E-state index >= 15 is 0 Å². The first-order valence-electron chi connectivity index (χ1n) is 7.63. The van der Waals surface area contributed by atoms with Gasteiger partial charge in [-0.3, -0.25) is 9.69 Å². The number of amides is 1. The maximum atomic E-state index is 11.0. The topological polar surface area (TPSA) is 97.3 Å². The zero-order valence-corrected chi connectivity index (χ0v) is 13.1. The summed E-state index contributed by atoms with van der Waals surface area (Å²) < 4.78 is 1.42. The van der Waals surface area contributed by atoms with Crippen molar-refractivity contribution in [2.45, 2.75) is 31.5 Å². The van der Waals surface area contributed by atoms with Crippen LogP contribution in [0, 0.1) is 0 Å². The first-order chi connectivity index (χ1) is 11.0. The highest BCUT2D eigenvalue weighted by Gasteiger charge is 2.37. The van der Waals surface area contributed by atoms with Gasteiger partial charge in [-0.1, -0.05) is 29.5 Å². The third-order valence-electron chi connectivity index (χ3n) is 4.19. The highest BCUT2D eigenvalue weighted by atomic mass is 16.3. The van der Waals surface area contributed by atoms with Crippen molar-refractivity contribution in [2.24, 2.45) is 5.73 Å². The largest absolute Gasteiger partial charge is 0.384 e. The Morgan fingerprint density at radius 3 is 3.04 bits per heavy atom. The van der Waals surface area contributed by atoms with Crippen molar-refractivity contribution in [3.8, 4) is 0 Å². The van der Waals surface area contributed by atoms with Crippen molar-refractivity contribution in [3.63, 3.8) is 0 Å². The molecule has 1 atom stereocenters. The molecule has 0 spiro atoms. The number of nitrogens with zero attached hydrogens (tertiary/aromatic N) is 4. The normalized spacial score (nSPS) is 20.0. The summed E-state index contributed by atoms with van der Waals surface area (Å²) in [7, 11) is 1.94. The maximum Gasteiger partial charge on any atom is 0.239 e. The molecule has 3 rings (SSSR count). The fraction of sp³-hybridized carbons (Fsp3) is 0.438. The van der Waals surface area contributed by atoms with Crippen LogP contribution in [0.15, 0.2) is 30.5 Å². The minimum absolute atomic E-state index is 0.0219. The molecule has 0 radical (unpaired) electrons. The highest BCUT2D eigenvalue weighted by Crippen LogP contribution is 2.37. The molecule has 0 saturated carbocycles. The van der Waals surface area contributed by atoms with Gasteiger partial charge in [0.2, 0.25) is 5.91 Å². The van der Waals surface area contributed by atoms with E-state index in [9.17, 15) is 9.90 Å². The molecule has 2 aromatic rings. The van der Waals surface area contributed by atoms with Gasteiger partial charge in [0, 0.05) is 13.1 Å². The average molecular weight is 315 g/mol. The molecule has 23 heavy (non-hydrogen) atoms. The van der Waals surface area contributed by atoms with E-state index in [0.717, 1.165) is 24.1 Å². The molecule has 7 nitrogen and oxygen atoms in total. The number of hydrogen-bond acceptors (Lipinski definition) is 5. The minimum Gasteiger partial charge on any atom is -0.384 e. The first kappa shape index (κ1) is 15.6. The maximum absolute atomic E-state index is 11.0. The number of benzene rings is 1. The number of hydrogen-bond donors (Lipinski definition) is 2. The number of carbonyl (C=O) groups excluding carboxylic acids is 1. The van der Waals surface area contributed by atoms with Gasteiger partial charge in [0.05, 0.1) is 11.9 Å². The zero-order valence-electron chi connectivity index (χ0n) is 13.1. The van der Waals surface area contributed by atoms with Crippen molar-refractivity contribution >= 4 is 5.91 Å². The van der Waals surface area contributed by atoms with Crippen LogP contribution in [-0.2, 0) is 29.9 Å². The summed E-state index contributed by atoms with van der Waals surface area (Å²) in [6, 6.07) is 8.04. The molecule has 7 heteroatoms. The van der Waals surface area contributed by atoms with E-state index in [1.165, 1.54) is 10.2 Å². The third kappa shape index (κ3) is 3.40. The lowest BCUT2D eigenvalue weighted by molar-refractivity contribution is -0.118. The molecule has 0 unspecified atom stereocenters. The van der Waals surface area contributed by atoms with E-state index in [1.807, 2.05) is 30.1 Å². The molecule has 0 bridgehead atoms. The summed E-state index contributed by atoms with van der Waals surface area (Å²) in [6.07, 6.45) is 3.33. The van der Waals surface area contributed by atoms with Crippen LogP contribution in [0.3, 0.4) is 0 Å². The SMILES string of the molecule is CN(Cc1cn(CC(N)=O)nn1)C[C@]1(O)CCc2ccccc21. The Morgan fingerprint density at radius 2 is 2.26 bits per heavy atom. The van der Waals surface area contributed by atoms with Gasteiger partial charge in [-0.25, -0.2) is 4.68 Å². The Morgan fingerprint density at radius 1 is 1.48 bits per heavy atom. The molecule has 1 aromatic heterocycles. The number of carbonyl (C=O) groups is 1. The van der Waals surface area contributed by atoms with Gasteiger partial charge in [0.1, 0.15) is 12.1 Å². The summed E-state index contributed by atoms with van der Waals surface area (Å²) in [5, 5.41) is 18.9. The van der Waals surface area contributed by atoms with E-state index < -0.39 is 11.5 Å². The summed E-state index contributed by atoms with van der Waals surface area (Å²) in [5.74, 6) is -0.452. The second-order valence-electron chi connectivity index (χ2n) is 6.23. The highest BCUT2D eigenvalue weighted by molar-refractivity contribution is 5.73. The van der Waals surface area contributed by atoms with E-state index in [1.54, 1.807) is 6.20 Å². The standard InChI is InChI=1S/C16H21N5O2/c1-20(8-13-9-21(19-18-13)10-15(17)22)11-16(23)7-6-12-4-2-3-5-14(12)16/h2-5,9,23H,6-8,10-11H2,1H3,(H2,17,22)/t16-/m1/s1. The molecule has 1 heterocycles. The van der Waals surface area contributed by atoms with Gasteiger partial charge >= 0.3 is 0 Å². The number of likely N-dealkylation sites (N-methyl/N-ethyl adjacent to an activating group) is 1. The second-order valence-corrected chi connectivity index (χ2v) is 6.23. The number of primary amides is 1. The Bertz CT molecular complexity index is 714. The summed E-state index contributed by atoms with van der Waals surface area (Å²) in [4.78, 5) is 12.9. The molecule has 1 aromatic carbocycles. The van der Waals surface area contributed by atoms with E-state index in [4.69, 9.17) is 5.73 Å². The molecule has 1 aliphatic carbocycles. The summed E-state index contributed by atoms with van der Waals surface area (Å²) in [6.45, 7) is 1.09. The zero-order chi connectivity index (χ0) is 16.4. The minimum atomic E-state index is -0.825. The van der Waals surface area contributed by atoms with Gasteiger partial charge in [-0.05, 0) is 31.0 Å². The number of aromatic nitrogens is 3. The van der Waals surface area contributed by atoms with Gasteiger partial charge in [-0.15, -0.1) is 5.10 Å². The van der Waals surface area contributed by atoms with Gasteiger partial charge < -0.3 is 10.8 Å². The average Bonchev–Trinajstić information content (AvgIpc) is 3.04. The van der Waals surface area contributed by atoms with Crippen molar-refractivity contribution < 1.29 is 9.90 Å². The number of fused-ring (bicyclic) bond motifs is 1. The monoisotopic (exact) mass is 315 g/mol. The molecule has 1 aliphatic rings. The summed E-state index contributed by atoms with van der Waals surface area (Å²) in [5.41, 5.74) is 7.29. The van der Waals surface area contributed by atoms with Crippen LogP contribution in [0.25, 0.3) is 0 Å². The lowest BCUT2D eigenvalue weighted by Gasteiger charge is -2.29. The molecule has 1 amide bonds. The molecular weight excluding hydrogens is 294 g/mol.